The van der Waals surface area contributed by atoms with Gasteiger partial charge in [0, 0.05) is 0 Å². The van der Waals surface area contributed by atoms with Crippen molar-refractivity contribution in [3.63, 3.8) is 0 Å². The molecular weight excluding hydrogens is 247 g/mol. The van der Waals surface area contributed by atoms with Gasteiger partial charge in [0.15, 0.2) is 0 Å². The predicted octanol–water partition coefficient (Wildman–Crippen LogP) is -2.37. The molecule has 0 heterocycles. The molecule has 1 fully saturated rings. The average molecular weight is 257 g/mol. The maximum absolute atomic E-state index is 10.9. The van der Waals surface area contributed by atoms with Gasteiger partial charge < -0.3 is 0 Å². The van der Waals surface area contributed by atoms with Crippen LogP contribution in [0.3, 0.4) is 0 Å². The first kappa shape index (κ1) is 8.26. The summed E-state index contributed by atoms with van der Waals surface area (Å²) >= 11 is -1.30. The normalized spacial score (nSPS) is 19.7. The van der Waals surface area contributed by atoms with Crippen LogP contribution in [-0.4, -0.2) is 9.41 Å². The van der Waals surface area contributed by atoms with Crippen LogP contribution in [0.1, 0.15) is 25.7 Å². The fraction of sp³-hybridized carbons (Fsp3) is 0.833. The number of hydrogen-bond donors (Lipinski definition) is 1. The monoisotopic (exact) mass is 257 g/mol. The third kappa shape index (κ3) is 2.09. The Morgan fingerprint density at radius 2 is 2.10 bits per heavy atom. The van der Waals surface area contributed by atoms with Gasteiger partial charge in [-0.05, 0) is 0 Å². The summed E-state index contributed by atoms with van der Waals surface area (Å²) in [6.45, 7) is 0. The molecule has 1 N–H and O–H groups in total. The van der Waals surface area contributed by atoms with E-state index in [0.29, 0.717) is 0 Å². The molecule has 0 aromatic carbocycles. The molecule has 1 aliphatic carbocycles. The molecule has 0 saturated heterocycles. The van der Waals surface area contributed by atoms with E-state index in [0.717, 1.165) is 25.7 Å². The van der Waals surface area contributed by atoms with Crippen molar-refractivity contribution in [1.82, 2.24) is 0 Å². The third-order valence-electron chi connectivity index (χ3n) is 1.80. The fourth-order valence-corrected chi connectivity index (χ4v) is 1.81. The first-order valence-electron chi connectivity index (χ1n) is 3.34. The molecule has 10 heavy (non-hydrogen) atoms. The van der Waals surface area contributed by atoms with Crippen molar-refractivity contribution in [3.8, 4) is 0 Å². The summed E-state index contributed by atoms with van der Waals surface area (Å²) < 4.78 is 12.9. The van der Waals surface area contributed by atoms with E-state index in [-0.39, 0.29) is 11.9 Å². The number of carbonyl (C=O) groups excluding carboxylic acids is 1. The second-order valence-corrected chi connectivity index (χ2v) is 3.28. The van der Waals surface area contributed by atoms with E-state index in [1.807, 2.05) is 0 Å². The zero-order valence-corrected chi connectivity index (χ0v) is 7.70. The van der Waals surface area contributed by atoms with E-state index >= 15 is 0 Å². The third-order valence-corrected chi connectivity index (χ3v) is 2.43. The van der Waals surface area contributed by atoms with Crippen LogP contribution >= 0.6 is 0 Å². The fourth-order valence-electron chi connectivity index (χ4n) is 1.26. The Labute approximate surface area is 71.1 Å². The molecule has 0 aromatic rings. The molecular formula is C6H10IO3-. The van der Waals surface area contributed by atoms with Crippen LogP contribution in [0.4, 0.5) is 0 Å². The Morgan fingerprint density at radius 1 is 1.50 bits per heavy atom. The summed E-state index contributed by atoms with van der Waals surface area (Å²) in [5, 5.41) is 0. The van der Waals surface area contributed by atoms with Gasteiger partial charge in [-0.15, -0.1) is 0 Å². The average Bonchev–Trinajstić information content (AvgIpc) is 2.38. The van der Waals surface area contributed by atoms with E-state index in [1.54, 1.807) is 0 Å². The van der Waals surface area contributed by atoms with E-state index in [4.69, 9.17) is 3.44 Å². The van der Waals surface area contributed by atoms with Crippen LogP contribution in [-0.2, 0) is 7.86 Å². The summed E-state index contributed by atoms with van der Waals surface area (Å²) in [6, 6.07) is 0. The molecule has 3 nitrogen and oxygen atoms in total. The molecule has 0 amide bonds. The molecule has 0 radical (unpaired) electrons. The van der Waals surface area contributed by atoms with Gasteiger partial charge in [0.05, 0.1) is 0 Å². The van der Waals surface area contributed by atoms with Crippen molar-refractivity contribution >= 4 is 5.97 Å². The number of hydrogen-bond acceptors (Lipinski definition) is 3. The van der Waals surface area contributed by atoms with Gasteiger partial charge in [-0.1, -0.05) is 0 Å². The minimum absolute atomic E-state index is 0.0897. The second-order valence-electron chi connectivity index (χ2n) is 2.45. The zero-order valence-electron chi connectivity index (χ0n) is 5.55. The summed E-state index contributed by atoms with van der Waals surface area (Å²) in [7, 11) is 0. The van der Waals surface area contributed by atoms with E-state index in [2.05, 4.69) is 3.07 Å². The first-order valence-corrected chi connectivity index (χ1v) is 5.18. The Morgan fingerprint density at radius 3 is 2.60 bits per heavy atom. The van der Waals surface area contributed by atoms with Crippen LogP contribution in [0.5, 0.6) is 0 Å². The second kappa shape index (κ2) is 4.12. The molecule has 0 unspecified atom stereocenters. The van der Waals surface area contributed by atoms with Gasteiger partial charge in [0.25, 0.3) is 0 Å². The topological polar surface area (TPSA) is 46.5 Å². The van der Waals surface area contributed by atoms with E-state index in [1.165, 1.54) is 0 Å². The van der Waals surface area contributed by atoms with Crippen LogP contribution in [0.15, 0.2) is 0 Å². The first-order chi connectivity index (χ1) is 4.84. The Bertz CT molecular complexity index is 120. The van der Waals surface area contributed by atoms with Crippen LogP contribution in [0.25, 0.3) is 0 Å². The van der Waals surface area contributed by atoms with Crippen molar-refractivity contribution in [3.05, 3.63) is 0 Å². The number of carbonyl (C=O) groups is 1. The summed E-state index contributed by atoms with van der Waals surface area (Å²) in [6.07, 6.45) is 4.15. The Hall–Kier alpha value is 0.160. The standard InChI is InChI=1S/C6H10IO3/c8-6(10-7-9)5-3-1-2-4-5/h5,9H,1-4H2/q-1. The van der Waals surface area contributed by atoms with Crippen molar-refractivity contribution in [2.75, 3.05) is 0 Å². The van der Waals surface area contributed by atoms with Crippen molar-refractivity contribution in [1.29, 1.82) is 0 Å². The molecule has 0 atom stereocenters. The molecule has 60 valence electrons. The van der Waals surface area contributed by atoms with Crippen molar-refractivity contribution in [2.45, 2.75) is 25.7 Å². The Balaban J connectivity index is 2.25. The predicted molar refractivity (Wildman–Crippen MR) is 30.3 cm³/mol. The van der Waals surface area contributed by atoms with Gasteiger partial charge in [-0.2, -0.15) is 0 Å². The maximum atomic E-state index is 10.9. The SMILES string of the molecule is O=C(O[I-]O)C1CCCC1. The molecule has 0 spiro atoms. The summed E-state index contributed by atoms with van der Waals surface area (Å²) in [5.74, 6) is -0.0975. The van der Waals surface area contributed by atoms with Crippen molar-refractivity contribution in [2.24, 2.45) is 5.92 Å². The van der Waals surface area contributed by atoms with Crippen molar-refractivity contribution < 1.29 is 33.3 Å². The van der Waals surface area contributed by atoms with Crippen LogP contribution in [0, 0.1) is 5.92 Å². The van der Waals surface area contributed by atoms with Crippen LogP contribution in [0.2, 0.25) is 0 Å². The van der Waals surface area contributed by atoms with Crippen LogP contribution < -0.4 is 22.0 Å². The van der Waals surface area contributed by atoms with Gasteiger partial charge in [-0.3, -0.25) is 0 Å². The van der Waals surface area contributed by atoms with Gasteiger partial charge in [0.2, 0.25) is 0 Å². The molecule has 0 aromatic heterocycles. The summed E-state index contributed by atoms with van der Waals surface area (Å²) in [5.41, 5.74) is 0. The molecule has 1 rings (SSSR count). The molecule has 1 saturated carbocycles. The Kier molecular flexibility index (Phi) is 3.41. The summed E-state index contributed by atoms with van der Waals surface area (Å²) in [4.78, 5) is 10.9. The van der Waals surface area contributed by atoms with E-state index < -0.39 is 22.0 Å². The van der Waals surface area contributed by atoms with Gasteiger partial charge >= 0.3 is 70.9 Å². The molecule has 1 aliphatic rings. The van der Waals surface area contributed by atoms with E-state index in [9.17, 15) is 4.79 Å². The molecule has 0 aliphatic heterocycles. The quantitative estimate of drug-likeness (QED) is 0.562. The zero-order chi connectivity index (χ0) is 7.40. The molecule has 4 heteroatoms. The molecule has 0 bridgehead atoms. The number of halogens is 1. The van der Waals surface area contributed by atoms with Gasteiger partial charge in [-0.25, -0.2) is 0 Å². The van der Waals surface area contributed by atoms with Gasteiger partial charge in [0.1, 0.15) is 0 Å². The number of rotatable bonds is 2. The minimum atomic E-state index is -1.30.